The molecule has 2 heterocycles. The average Bonchev–Trinajstić information content (AvgIpc) is 2.38. The van der Waals surface area contributed by atoms with Crippen molar-refractivity contribution in [2.24, 2.45) is 0 Å². The molecule has 0 bridgehead atoms. The maximum absolute atomic E-state index is 4.46. The molecule has 0 atom stereocenters. The van der Waals surface area contributed by atoms with Gasteiger partial charge in [-0.25, -0.2) is 9.97 Å². The van der Waals surface area contributed by atoms with E-state index >= 15 is 0 Å². The molecule has 1 N–H and O–H groups in total. The quantitative estimate of drug-likeness (QED) is 0.853. The highest BCUT2D eigenvalue weighted by atomic mass is 15.1. The van der Waals surface area contributed by atoms with Crippen LogP contribution in [0.5, 0.6) is 0 Å². The number of rotatable bonds is 5. The molecule has 0 aliphatic carbocycles. The van der Waals surface area contributed by atoms with Gasteiger partial charge >= 0.3 is 0 Å². The summed E-state index contributed by atoms with van der Waals surface area (Å²) in [6.07, 6.45) is 7.27. The standard InChI is InChI=1S/C13H16N4/c1-2-6-15-13-16-9-5-12(17-13)10-11-3-7-14-8-4-11/h3-5,7-9H,2,6,10H2,1H3,(H,15,16,17). The Morgan fingerprint density at radius 1 is 1.12 bits per heavy atom. The minimum Gasteiger partial charge on any atom is -0.354 e. The zero-order chi connectivity index (χ0) is 11.9. The second kappa shape index (κ2) is 5.94. The van der Waals surface area contributed by atoms with Crippen LogP contribution in [0.25, 0.3) is 0 Å². The summed E-state index contributed by atoms with van der Waals surface area (Å²) in [5.74, 6) is 0.707. The van der Waals surface area contributed by atoms with Crippen molar-refractivity contribution in [2.45, 2.75) is 19.8 Å². The third-order valence-electron chi connectivity index (χ3n) is 2.38. The molecule has 0 spiro atoms. The van der Waals surface area contributed by atoms with Gasteiger partial charge in [0.25, 0.3) is 0 Å². The van der Waals surface area contributed by atoms with Crippen LogP contribution in [-0.2, 0) is 6.42 Å². The van der Waals surface area contributed by atoms with E-state index in [1.54, 1.807) is 18.6 Å². The van der Waals surface area contributed by atoms with Crippen LogP contribution in [0.4, 0.5) is 5.95 Å². The Hall–Kier alpha value is -1.97. The number of hydrogen-bond donors (Lipinski definition) is 1. The number of pyridine rings is 1. The van der Waals surface area contributed by atoms with E-state index in [2.05, 4.69) is 27.2 Å². The van der Waals surface area contributed by atoms with E-state index in [4.69, 9.17) is 0 Å². The zero-order valence-electron chi connectivity index (χ0n) is 9.93. The molecule has 0 fully saturated rings. The Balaban J connectivity index is 2.06. The van der Waals surface area contributed by atoms with E-state index in [0.29, 0.717) is 5.95 Å². The van der Waals surface area contributed by atoms with E-state index in [1.165, 1.54) is 5.56 Å². The molecule has 2 rings (SSSR count). The molecular weight excluding hydrogens is 212 g/mol. The van der Waals surface area contributed by atoms with Gasteiger partial charge in [0.2, 0.25) is 5.95 Å². The van der Waals surface area contributed by atoms with Crippen molar-refractivity contribution >= 4 is 5.95 Å². The van der Waals surface area contributed by atoms with Crippen molar-refractivity contribution < 1.29 is 0 Å². The van der Waals surface area contributed by atoms with E-state index < -0.39 is 0 Å². The van der Waals surface area contributed by atoms with Crippen LogP contribution in [0.15, 0.2) is 36.8 Å². The van der Waals surface area contributed by atoms with Crippen LogP contribution in [0.3, 0.4) is 0 Å². The van der Waals surface area contributed by atoms with Crippen LogP contribution in [0.2, 0.25) is 0 Å². The van der Waals surface area contributed by atoms with Crippen molar-refractivity contribution in [3.8, 4) is 0 Å². The lowest BCUT2D eigenvalue weighted by atomic mass is 10.1. The van der Waals surface area contributed by atoms with Gasteiger partial charge < -0.3 is 5.32 Å². The van der Waals surface area contributed by atoms with Crippen LogP contribution >= 0.6 is 0 Å². The first-order chi connectivity index (χ1) is 8.38. The molecule has 2 aromatic heterocycles. The summed E-state index contributed by atoms with van der Waals surface area (Å²) in [5, 5.41) is 3.19. The summed E-state index contributed by atoms with van der Waals surface area (Å²) < 4.78 is 0. The zero-order valence-corrected chi connectivity index (χ0v) is 9.93. The molecule has 0 aliphatic heterocycles. The molecule has 0 aliphatic rings. The number of nitrogens with zero attached hydrogens (tertiary/aromatic N) is 3. The van der Waals surface area contributed by atoms with Gasteiger partial charge in [0, 0.05) is 31.6 Å². The van der Waals surface area contributed by atoms with Gasteiger partial charge in [0.15, 0.2) is 0 Å². The summed E-state index contributed by atoms with van der Waals surface area (Å²) in [7, 11) is 0. The highest BCUT2D eigenvalue weighted by Crippen LogP contribution is 2.07. The lowest BCUT2D eigenvalue weighted by Gasteiger charge is -2.05. The van der Waals surface area contributed by atoms with Crippen LogP contribution in [-0.4, -0.2) is 21.5 Å². The maximum Gasteiger partial charge on any atom is 0.222 e. The van der Waals surface area contributed by atoms with Crippen molar-refractivity contribution in [1.29, 1.82) is 0 Å². The maximum atomic E-state index is 4.46. The van der Waals surface area contributed by atoms with E-state index in [1.807, 2.05) is 18.2 Å². The van der Waals surface area contributed by atoms with Crippen LogP contribution < -0.4 is 5.32 Å². The number of hydrogen-bond acceptors (Lipinski definition) is 4. The minimum atomic E-state index is 0.707. The van der Waals surface area contributed by atoms with Crippen molar-refractivity contribution in [3.05, 3.63) is 48.0 Å². The lowest BCUT2D eigenvalue weighted by Crippen LogP contribution is -2.05. The molecule has 0 saturated heterocycles. The predicted octanol–water partition coefficient (Wildman–Crippen LogP) is 2.28. The normalized spacial score (nSPS) is 10.2. The minimum absolute atomic E-state index is 0.707. The van der Waals surface area contributed by atoms with Gasteiger partial charge in [0.1, 0.15) is 0 Å². The van der Waals surface area contributed by atoms with E-state index in [-0.39, 0.29) is 0 Å². The molecule has 0 unspecified atom stereocenters. The average molecular weight is 228 g/mol. The Morgan fingerprint density at radius 3 is 2.71 bits per heavy atom. The highest BCUT2D eigenvalue weighted by Gasteiger charge is 2.00. The highest BCUT2D eigenvalue weighted by molar-refractivity contribution is 5.27. The summed E-state index contributed by atoms with van der Waals surface area (Å²) in [6.45, 7) is 3.02. The first-order valence-corrected chi connectivity index (χ1v) is 5.83. The summed E-state index contributed by atoms with van der Waals surface area (Å²) in [4.78, 5) is 12.6. The van der Waals surface area contributed by atoms with E-state index in [0.717, 1.165) is 25.1 Å². The third kappa shape index (κ3) is 3.52. The topological polar surface area (TPSA) is 50.7 Å². The first-order valence-electron chi connectivity index (χ1n) is 5.83. The largest absolute Gasteiger partial charge is 0.354 e. The fourth-order valence-electron chi connectivity index (χ4n) is 1.53. The molecule has 0 saturated carbocycles. The molecule has 17 heavy (non-hydrogen) atoms. The Kier molecular flexibility index (Phi) is 4.02. The van der Waals surface area contributed by atoms with Gasteiger partial charge in [-0.3, -0.25) is 4.98 Å². The fraction of sp³-hybridized carbons (Fsp3) is 0.308. The Labute approximate surface area is 101 Å². The second-order valence-electron chi connectivity index (χ2n) is 3.83. The molecule has 88 valence electrons. The van der Waals surface area contributed by atoms with Crippen LogP contribution in [0.1, 0.15) is 24.6 Å². The molecule has 4 heteroatoms. The van der Waals surface area contributed by atoms with E-state index in [9.17, 15) is 0 Å². The van der Waals surface area contributed by atoms with Gasteiger partial charge in [-0.1, -0.05) is 6.92 Å². The summed E-state index contributed by atoms with van der Waals surface area (Å²) in [5.41, 5.74) is 2.23. The first kappa shape index (κ1) is 11.5. The number of nitrogens with one attached hydrogen (secondary N) is 1. The molecule has 4 nitrogen and oxygen atoms in total. The fourth-order valence-corrected chi connectivity index (χ4v) is 1.53. The monoisotopic (exact) mass is 228 g/mol. The predicted molar refractivity (Wildman–Crippen MR) is 67.9 cm³/mol. The van der Waals surface area contributed by atoms with Gasteiger partial charge in [0.05, 0.1) is 5.69 Å². The second-order valence-corrected chi connectivity index (χ2v) is 3.83. The van der Waals surface area contributed by atoms with Gasteiger partial charge in [-0.15, -0.1) is 0 Å². The SMILES string of the molecule is CCCNc1nccc(Cc2ccncc2)n1. The molecule has 0 radical (unpaired) electrons. The Bertz CT molecular complexity index is 456. The molecular formula is C13H16N4. The molecule has 0 amide bonds. The van der Waals surface area contributed by atoms with Crippen molar-refractivity contribution in [1.82, 2.24) is 15.0 Å². The Morgan fingerprint density at radius 2 is 1.94 bits per heavy atom. The van der Waals surface area contributed by atoms with Gasteiger partial charge in [-0.05, 0) is 30.2 Å². The molecule has 2 aromatic rings. The third-order valence-corrected chi connectivity index (χ3v) is 2.38. The number of aromatic nitrogens is 3. The van der Waals surface area contributed by atoms with Crippen LogP contribution in [0, 0.1) is 0 Å². The molecule has 0 aromatic carbocycles. The number of anilines is 1. The lowest BCUT2D eigenvalue weighted by molar-refractivity contribution is 0.936. The van der Waals surface area contributed by atoms with Gasteiger partial charge in [-0.2, -0.15) is 0 Å². The summed E-state index contributed by atoms with van der Waals surface area (Å²) in [6, 6.07) is 5.94. The summed E-state index contributed by atoms with van der Waals surface area (Å²) >= 11 is 0. The van der Waals surface area contributed by atoms with Crippen molar-refractivity contribution in [2.75, 3.05) is 11.9 Å². The smallest absolute Gasteiger partial charge is 0.222 e. The van der Waals surface area contributed by atoms with Crippen molar-refractivity contribution in [3.63, 3.8) is 0 Å².